The lowest BCUT2D eigenvalue weighted by molar-refractivity contribution is -0.143. The Morgan fingerprint density at radius 2 is 2.14 bits per heavy atom. The van der Waals surface area contributed by atoms with Crippen LogP contribution in [0.3, 0.4) is 0 Å². The topological polar surface area (TPSA) is 68.5 Å². The zero-order valence-electron chi connectivity index (χ0n) is 11.7. The maximum Gasteiger partial charge on any atom is 0.325 e. The Morgan fingerprint density at radius 3 is 2.76 bits per heavy atom. The number of carbonyl (C=O) groups is 2. The Kier molecular flexibility index (Phi) is 5.16. The van der Waals surface area contributed by atoms with Crippen molar-refractivity contribution in [2.45, 2.75) is 26.3 Å². The predicted molar refractivity (Wildman–Crippen MR) is 80.3 cm³/mol. The molecule has 0 unspecified atom stereocenters. The zero-order valence-corrected chi connectivity index (χ0v) is 12.6. The first kappa shape index (κ1) is 15.3. The summed E-state index contributed by atoms with van der Waals surface area (Å²) < 4.78 is 6.84. The molecule has 0 fully saturated rings. The molecule has 2 aromatic heterocycles. The molecule has 0 bridgehead atoms. The number of carboxylic acid groups (broad SMARTS) is 1. The van der Waals surface area contributed by atoms with Crippen LogP contribution in [0.15, 0.2) is 29.6 Å². The van der Waals surface area contributed by atoms with Crippen LogP contribution in [0.5, 0.6) is 0 Å². The summed E-state index contributed by atoms with van der Waals surface area (Å²) in [5.74, 6) is -1.17. The molecule has 0 radical (unpaired) electrons. The van der Waals surface area contributed by atoms with Crippen molar-refractivity contribution in [2.75, 3.05) is 6.61 Å². The molecule has 0 aromatic carbocycles. The van der Waals surface area contributed by atoms with Crippen LogP contribution in [-0.2, 0) is 27.3 Å². The van der Waals surface area contributed by atoms with Gasteiger partial charge in [0.05, 0.1) is 23.6 Å². The van der Waals surface area contributed by atoms with Crippen LogP contribution in [0, 0.1) is 0 Å². The molecular weight excluding hydrogens is 290 g/mol. The van der Waals surface area contributed by atoms with E-state index in [4.69, 9.17) is 9.84 Å². The number of ether oxygens (including phenoxy) is 1. The van der Waals surface area contributed by atoms with Gasteiger partial charge in [0.1, 0.15) is 6.54 Å². The van der Waals surface area contributed by atoms with Gasteiger partial charge in [-0.05, 0) is 36.9 Å². The van der Waals surface area contributed by atoms with Gasteiger partial charge >= 0.3 is 11.9 Å². The summed E-state index contributed by atoms with van der Waals surface area (Å²) in [7, 11) is 0. The monoisotopic (exact) mass is 307 g/mol. The summed E-state index contributed by atoms with van der Waals surface area (Å²) in [4.78, 5) is 23.6. The van der Waals surface area contributed by atoms with E-state index < -0.39 is 5.97 Å². The highest BCUT2D eigenvalue weighted by molar-refractivity contribution is 7.13. The summed E-state index contributed by atoms with van der Waals surface area (Å²) >= 11 is 1.58. The Bertz CT molecular complexity index is 616. The second kappa shape index (κ2) is 7.08. The number of carbonyl (C=O) groups excluding carboxylic acids is 1. The fourth-order valence-electron chi connectivity index (χ4n) is 2.12. The van der Waals surface area contributed by atoms with Crippen LogP contribution in [0.2, 0.25) is 0 Å². The molecule has 0 saturated carbocycles. The van der Waals surface area contributed by atoms with E-state index in [-0.39, 0.29) is 18.9 Å². The van der Waals surface area contributed by atoms with Crippen LogP contribution in [0.25, 0.3) is 10.6 Å². The van der Waals surface area contributed by atoms with Crippen molar-refractivity contribution in [1.29, 1.82) is 0 Å². The molecule has 21 heavy (non-hydrogen) atoms. The number of hydrogen-bond donors (Lipinski definition) is 1. The molecule has 112 valence electrons. The number of esters is 1. The third-order valence-electron chi connectivity index (χ3n) is 3.03. The lowest BCUT2D eigenvalue weighted by atomic mass is 10.2. The second-order valence-electron chi connectivity index (χ2n) is 4.47. The third kappa shape index (κ3) is 3.95. The number of rotatable bonds is 7. The maximum absolute atomic E-state index is 11.8. The third-order valence-corrected chi connectivity index (χ3v) is 3.92. The van der Waals surface area contributed by atoms with E-state index in [0.29, 0.717) is 13.0 Å². The Morgan fingerprint density at radius 1 is 1.33 bits per heavy atom. The molecule has 0 aliphatic carbocycles. The van der Waals surface area contributed by atoms with Gasteiger partial charge in [0.25, 0.3) is 0 Å². The minimum atomic E-state index is -0.850. The van der Waals surface area contributed by atoms with E-state index in [9.17, 15) is 9.59 Å². The van der Waals surface area contributed by atoms with Crippen molar-refractivity contribution in [1.82, 2.24) is 4.57 Å². The van der Waals surface area contributed by atoms with Crippen molar-refractivity contribution >= 4 is 23.3 Å². The van der Waals surface area contributed by atoms with Gasteiger partial charge in [-0.1, -0.05) is 6.07 Å². The van der Waals surface area contributed by atoms with E-state index in [2.05, 4.69) is 0 Å². The molecule has 6 heteroatoms. The van der Waals surface area contributed by atoms with E-state index >= 15 is 0 Å². The van der Waals surface area contributed by atoms with Gasteiger partial charge in [0.2, 0.25) is 0 Å². The van der Waals surface area contributed by atoms with Crippen LogP contribution >= 0.6 is 11.3 Å². The SMILES string of the molecule is CCOC(=O)Cn1c(CCC(=O)O)ccc1-c1cccs1. The number of thiophene rings is 1. The molecule has 0 atom stereocenters. The Labute approximate surface area is 126 Å². The summed E-state index contributed by atoms with van der Waals surface area (Å²) in [6.07, 6.45) is 0.427. The van der Waals surface area contributed by atoms with Crippen LogP contribution in [-0.4, -0.2) is 28.2 Å². The van der Waals surface area contributed by atoms with Crippen molar-refractivity contribution in [2.24, 2.45) is 0 Å². The number of aliphatic carboxylic acids is 1. The summed E-state index contributed by atoms with van der Waals surface area (Å²) in [6.45, 7) is 2.20. The molecule has 0 aliphatic heterocycles. The first-order valence-electron chi connectivity index (χ1n) is 6.71. The molecule has 0 amide bonds. The van der Waals surface area contributed by atoms with Crippen LogP contribution < -0.4 is 0 Å². The lowest BCUT2D eigenvalue weighted by Crippen LogP contribution is -2.16. The molecule has 5 nitrogen and oxygen atoms in total. The van der Waals surface area contributed by atoms with E-state index in [1.54, 1.807) is 18.3 Å². The van der Waals surface area contributed by atoms with Crippen LogP contribution in [0.1, 0.15) is 19.0 Å². The molecule has 2 heterocycles. The molecule has 0 saturated heterocycles. The van der Waals surface area contributed by atoms with E-state index in [1.807, 2.05) is 34.2 Å². The molecule has 2 rings (SSSR count). The summed E-state index contributed by atoms with van der Waals surface area (Å²) in [5, 5.41) is 10.8. The second-order valence-corrected chi connectivity index (χ2v) is 5.42. The highest BCUT2D eigenvalue weighted by Gasteiger charge is 2.15. The van der Waals surface area contributed by atoms with Crippen molar-refractivity contribution < 1.29 is 19.4 Å². The standard InChI is InChI=1S/C15H17NO4S/c1-2-20-15(19)10-16-11(6-8-14(17)18)5-7-12(16)13-4-3-9-21-13/h3-5,7,9H,2,6,8,10H2,1H3,(H,17,18). The average Bonchev–Trinajstić information content (AvgIpc) is 3.05. The molecule has 0 spiro atoms. The number of aromatic nitrogens is 1. The van der Waals surface area contributed by atoms with Gasteiger partial charge in [0, 0.05) is 5.69 Å². The molecule has 2 aromatic rings. The number of nitrogens with zero attached hydrogens (tertiary/aromatic N) is 1. The highest BCUT2D eigenvalue weighted by atomic mass is 32.1. The minimum absolute atomic E-state index is 0.0384. The first-order chi connectivity index (χ1) is 10.1. The van der Waals surface area contributed by atoms with E-state index in [0.717, 1.165) is 16.3 Å². The average molecular weight is 307 g/mol. The maximum atomic E-state index is 11.8. The number of carboxylic acids is 1. The zero-order chi connectivity index (χ0) is 15.2. The van der Waals surface area contributed by atoms with Gasteiger partial charge < -0.3 is 14.4 Å². The Balaban J connectivity index is 2.28. The fraction of sp³-hybridized carbons (Fsp3) is 0.333. The normalized spacial score (nSPS) is 10.5. The van der Waals surface area contributed by atoms with Crippen molar-refractivity contribution in [3.63, 3.8) is 0 Å². The smallest absolute Gasteiger partial charge is 0.325 e. The van der Waals surface area contributed by atoms with Crippen LogP contribution in [0.4, 0.5) is 0 Å². The van der Waals surface area contributed by atoms with E-state index in [1.165, 1.54) is 0 Å². The summed E-state index contributed by atoms with van der Waals surface area (Å²) in [6, 6.07) is 7.71. The van der Waals surface area contributed by atoms with Gasteiger partial charge in [-0.2, -0.15) is 0 Å². The number of aryl methyl sites for hydroxylation is 1. The van der Waals surface area contributed by atoms with Gasteiger partial charge in [-0.25, -0.2) is 0 Å². The minimum Gasteiger partial charge on any atom is -0.481 e. The summed E-state index contributed by atoms with van der Waals surface area (Å²) in [5.41, 5.74) is 1.74. The van der Waals surface area contributed by atoms with Gasteiger partial charge in [-0.3, -0.25) is 9.59 Å². The molecular formula is C15H17NO4S. The number of hydrogen-bond acceptors (Lipinski definition) is 4. The highest BCUT2D eigenvalue weighted by Crippen LogP contribution is 2.27. The van der Waals surface area contributed by atoms with Gasteiger partial charge in [-0.15, -0.1) is 11.3 Å². The molecule has 1 N–H and O–H groups in total. The first-order valence-corrected chi connectivity index (χ1v) is 7.59. The van der Waals surface area contributed by atoms with Gasteiger partial charge in [0.15, 0.2) is 0 Å². The molecule has 0 aliphatic rings. The fourth-order valence-corrected chi connectivity index (χ4v) is 2.88. The quantitative estimate of drug-likeness (QED) is 0.799. The van der Waals surface area contributed by atoms with Crippen molar-refractivity contribution in [3.05, 3.63) is 35.3 Å². The Hall–Kier alpha value is -2.08. The lowest BCUT2D eigenvalue weighted by Gasteiger charge is -2.11. The predicted octanol–water partition coefficient (Wildman–Crippen LogP) is 2.80. The largest absolute Gasteiger partial charge is 0.481 e. The van der Waals surface area contributed by atoms with Crippen molar-refractivity contribution in [3.8, 4) is 10.6 Å².